The van der Waals surface area contributed by atoms with E-state index in [-0.39, 0.29) is 11.3 Å². The van der Waals surface area contributed by atoms with Gasteiger partial charge in [-0.3, -0.25) is 9.48 Å². The molecule has 0 spiro atoms. The summed E-state index contributed by atoms with van der Waals surface area (Å²) < 4.78 is 1.82. The molecule has 5 heteroatoms. The molecule has 1 saturated carbocycles. The average molecular weight is 222 g/mol. The lowest BCUT2D eigenvalue weighted by Gasteiger charge is -2.12. The van der Waals surface area contributed by atoms with Gasteiger partial charge in [0.15, 0.2) is 0 Å². The predicted molar refractivity (Wildman–Crippen MR) is 60.6 cm³/mol. The lowest BCUT2D eigenvalue weighted by Crippen LogP contribution is -2.37. The van der Waals surface area contributed by atoms with Crippen LogP contribution in [0, 0.1) is 5.41 Å². The third-order valence-corrected chi connectivity index (χ3v) is 3.32. The first-order valence-corrected chi connectivity index (χ1v) is 5.63. The van der Waals surface area contributed by atoms with Crippen molar-refractivity contribution in [3.05, 3.63) is 18.0 Å². The second kappa shape index (κ2) is 4.25. The van der Waals surface area contributed by atoms with E-state index in [4.69, 9.17) is 5.73 Å². The number of nitrogens with one attached hydrogen (secondary N) is 1. The van der Waals surface area contributed by atoms with E-state index in [9.17, 15) is 4.79 Å². The number of carbonyl (C=O) groups excluding carboxylic acids is 1. The summed E-state index contributed by atoms with van der Waals surface area (Å²) in [6.45, 7) is 1.12. The summed E-state index contributed by atoms with van der Waals surface area (Å²) in [5.74, 6) is 0.108. The number of aromatic nitrogens is 2. The van der Waals surface area contributed by atoms with Gasteiger partial charge in [0.25, 0.3) is 0 Å². The molecular formula is C11H18N4O. The van der Waals surface area contributed by atoms with Gasteiger partial charge in [-0.2, -0.15) is 5.10 Å². The van der Waals surface area contributed by atoms with Gasteiger partial charge in [-0.05, 0) is 18.9 Å². The largest absolute Gasteiger partial charge is 0.355 e. The minimum atomic E-state index is -0.244. The molecule has 1 fully saturated rings. The fourth-order valence-corrected chi connectivity index (χ4v) is 1.81. The molecule has 0 bridgehead atoms. The standard InChI is InChI=1S/C11H18N4O/c1-15-9(3-7-14-15)2-6-13-10(16)11(8-12)4-5-11/h3,7H,2,4-6,8,12H2,1H3,(H,13,16). The van der Waals surface area contributed by atoms with Crippen LogP contribution in [-0.2, 0) is 18.3 Å². The third-order valence-electron chi connectivity index (χ3n) is 3.32. The minimum absolute atomic E-state index is 0.108. The Morgan fingerprint density at radius 1 is 1.69 bits per heavy atom. The van der Waals surface area contributed by atoms with Gasteiger partial charge in [-0.1, -0.05) is 0 Å². The van der Waals surface area contributed by atoms with Crippen molar-refractivity contribution in [1.29, 1.82) is 0 Å². The first kappa shape index (κ1) is 11.1. The molecule has 0 atom stereocenters. The zero-order valence-corrected chi connectivity index (χ0v) is 9.57. The van der Waals surface area contributed by atoms with Crippen molar-refractivity contribution < 1.29 is 4.79 Å². The second-order valence-corrected chi connectivity index (χ2v) is 4.44. The zero-order valence-electron chi connectivity index (χ0n) is 9.57. The highest BCUT2D eigenvalue weighted by atomic mass is 16.2. The Labute approximate surface area is 95.0 Å². The van der Waals surface area contributed by atoms with Crippen LogP contribution in [0.25, 0.3) is 0 Å². The second-order valence-electron chi connectivity index (χ2n) is 4.44. The summed E-state index contributed by atoms with van der Waals surface area (Å²) in [5, 5.41) is 7.02. The van der Waals surface area contributed by atoms with E-state index in [2.05, 4.69) is 10.4 Å². The Morgan fingerprint density at radius 2 is 2.44 bits per heavy atom. The zero-order chi connectivity index (χ0) is 11.6. The highest BCUT2D eigenvalue weighted by Crippen LogP contribution is 2.44. The molecule has 88 valence electrons. The van der Waals surface area contributed by atoms with Crippen molar-refractivity contribution in [2.75, 3.05) is 13.1 Å². The molecule has 1 aliphatic rings. The van der Waals surface area contributed by atoms with E-state index in [0.29, 0.717) is 13.1 Å². The molecule has 0 unspecified atom stereocenters. The molecule has 3 N–H and O–H groups in total. The van der Waals surface area contributed by atoms with Gasteiger partial charge in [-0.25, -0.2) is 0 Å². The highest BCUT2D eigenvalue weighted by Gasteiger charge is 2.48. The van der Waals surface area contributed by atoms with E-state index >= 15 is 0 Å². The van der Waals surface area contributed by atoms with E-state index in [1.807, 2.05) is 17.8 Å². The SMILES string of the molecule is Cn1nccc1CCNC(=O)C1(CN)CC1. The molecule has 1 aromatic rings. The number of nitrogens with two attached hydrogens (primary N) is 1. The number of amides is 1. The molecule has 5 nitrogen and oxygen atoms in total. The fraction of sp³-hybridized carbons (Fsp3) is 0.636. The molecule has 0 aromatic carbocycles. The van der Waals surface area contributed by atoms with Gasteiger partial charge in [0.2, 0.25) is 5.91 Å². The highest BCUT2D eigenvalue weighted by molar-refractivity contribution is 5.85. The summed E-state index contributed by atoms with van der Waals surface area (Å²) in [6.07, 6.45) is 4.43. The number of nitrogens with zero attached hydrogens (tertiary/aromatic N) is 2. The van der Waals surface area contributed by atoms with Crippen LogP contribution in [0.4, 0.5) is 0 Å². The maximum absolute atomic E-state index is 11.8. The Bertz CT molecular complexity index is 381. The van der Waals surface area contributed by atoms with Crippen molar-refractivity contribution in [3.8, 4) is 0 Å². The number of aryl methyl sites for hydroxylation is 1. The molecule has 1 aliphatic carbocycles. The summed E-state index contributed by atoms with van der Waals surface area (Å²) in [4.78, 5) is 11.8. The van der Waals surface area contributed by atoms with Crippen molar-refractivity contribution in [2.45, 2.75) is 19.3 Å². The smallest absolute Gasteiger partial charge is 0.227 e. The first-order chi connectivity index (χ1) is 7.68. The van der Waals surface area contributed by atoms with E-state index in [1.165, 1.54) is 0 Å². The van der Waals surface area contributed by atoms with Crippen LogP contribution in [0.3, 0.4) is 0 Å². The molecule has 1 amide bonds. The maximum Gasteiger partial charge on any atom is 0.227 e. The topological polar surface area (TPSA) is 72.9 Å². The van der Waals surface area contributed by atoms with Gasteiger partial charge >= 0.3 is 0 Å². The van der Waals surface area contributed by atoms with Crippen molar-refractivity contribution in [2.24, 2.45) is 18.2 Å². The van der Waals surface area contributed by atoms with Crippen molar-refractivity contribution >= 4 is 5.91 Å². The van der Waals surface area contributed by atoms with Gasteiger partial charge in [0, 0.05) is 38.4 Å². The molecule has 16 heavy (non-hydrogen) atoms. The van der Waals surface area contributed by atoms with Crippen LogP contribution in [0.15, 0.2) is 12.3 Å². The number of rotatable bonds is 5. The molecule has 1 aromatic heterocycles. The van der Waals surface area contributed by atoms with Gasteiger partial charge in [-0.15, -0.1) is 0 Å². The average Bonchev–Trinajstić information content (AvgIpc) is 2.99. The van der Waals surface area contributed by atoms with Crippen LogP contribution in [-0.4, -0.2) is 28.8 Å². The number of carbonyl (C=O) groups is 1. The van der Waals surface area contributed by atoms with Gasteiger partial charge in [0.1, 0.15) is 0 Å². The van der Waals surface area contributed by atoms with Gasteiger partial charge in [0.05, 0.1) is 5.41 Å². The molecular weight excluding hydrogens is 204 g/mol. The molecule has 0 radical (unpaired) electrons. The number of hydrogen-bond donors (Lipinski definition) is 2. The van der Waals surface area contributed by atoms with Crippen molar-refractivity contribution in [1.82, 2.24) is 15.1 Å². The van der Waals surface area contributed by atoms with E-state index in [0.717, 1.165) is 25.0 Å². The molecule has 0 saturated heterocycles. The molecule has 0 aliphatic heterocycles. The monoisotopic (exact) mass is 222 g/mol. The quantitative estimate of drug-likeness (QED) is 0.725. The summed E-state index contributed by atoms with van der Waals surface area (Å²) in [5.41, 5.74) is 6.46. The van der Waals surface area contributed by atoms with E-state index in [1.54, 1.807) is 6.20 Å². The van der Waals surface area contributed by atoms with Crippen LogP contribution in [0.2, 0.25) is 0 Å². The fourth-order valence-electron chi connectivity index (χ4n) is 1.81. The van der Waals surface area contributed by atoms with Crippen LogP contribution >= 0.6 is 0 Å². The number of hydrogen-bond acceptors (Lipinski definition) is 3. The first-order valence-electron chi connectivity index (χ1n) is 5.63. The van der Waals surface area contributed by atoms with Crippen LogP contribution in [0.5, 0.6) is 0 Å². The Hall–Kier alpha value is -1.36. The van der Waals surface area contributed by atoms with Crippen molar-refractivity contribution in [3.63, 3.8) is 0 Å². The van der Waals surface area contributed by atoms with Crippen LogP contribution in [0.1, 0.15) is 18.5 Å². The van der Waals surface area contributed by atoms with E-state index < -0.39 is 0 Å². The molecule has 1 heterocycles. The van der Waals surface area contributed by atoms with Gasteiger partial charge < -0.3 is 11.1 Å². The Morgan fingerprint density at radius 3 is 2.94 bits per heavy atom. The normalized spacial score (nSPS) is 17.1. The lowest BCUT2D eigenvalue weighted by atomic mass is 10.1. The summed E-state index contributed by atoms with van der Waals surface area (Å²) in [7, 11) is 1.90. The predicted octanol–water partition coefficient (Wildman–Crippen LogP) is -0.182. The lowest BCUT2D eigenvalue weighted by molar-refractivity contribution is -0.125. The van der Waals surface area contributed by atoms with Crippen LogP contribution < -0.4 is 11.1 Å². The molecule has 2 rings (SSSR count). The third kappa shape index (κ3) is 2.09. The minimum Gasteiger partial charge on any atom is -0.355 e. The maximum atomic E-state index is 11.8. The summed E-state index contributed by atoms with van der Waals surface area (Å²) in [6, 6.07) is 1.96. The Balaban J connectivity index is 1.77. The summed E-state index contributed by atoms with van der Waals surface area (Å²) >= 11 is 0. The Kier molecular flexibility index (Phi) is 2.96.